The number of halogens is 4. The van der Waals surface area contributed by atoms with Crippen LogP contribution in [0, 0.1) is 0 Å². The van der Waals surface area contributed by atoms with Gasteiger partial charge in [0.15, 0.2) is 0 Å². The molecule has 0 atom stereocenters. The first-order valence-corrected chi connectivity index (χ1v) is 10.8. The van der Waals surface area contributed by atoms with E-state index in [1.165, 1.54) is 24.3 Å². The van der Waals surface area contributed by atoms with E-state index in [4.69, 9.17) is 65.4 Å². The van der Waals surface area contributed by atoms with E-state index in [0.717, 1.165) is 0 Å². The van der Waals surface area contributed by atoms with Crippen LogP contribution in [0.5, 0.6) is 11.5 Å². The van der Waals surface area contributed by atoms with Crippen molar-refractivity contribution < 1.29 is 28.5 Å². The predicted molar refractivity (Wildman–Crippen MR) is 123 cm³/mol. The average molecular weight is 520 g/mol. The highest BCUT2D eigenvalue weighted by atomic mass is 35.5. The van der Waals surface area contributed by atoms with Gasteiger partial charge in [-0.3, -0.25) is 0 Å². The minimum Gasteiger partial charge on any atom is -0.462 e. The summed E-state index contributed by atoms with van der Waals surface area (Å²) in [5, 5.41) is -0.0254. The predicted octanol–water partition coefficient (Wildman–Crippen LogP) is 6.48. The zero-order chi connectivity index (χ0) is 23.7. The lowest BCUT2D eigenvalue weighted by atomic mass is 10.1. The molecule has 0 amide bonds. The van der Waals surface area contributed by atoms with E-state index in [9.17, 15) is 9.59 Å². The first-order chi connectivity index (χ1) is 15.3. The van der Waals surface area contributed by atoms with E-state index in [-0.39, 0.29) is 24.7 Å². The Kier molecular flexibility index (Phi) is 10.2. The molecular weight excluding hydrogens is 502 g/mol. The van der Waals surface area contributed by atoms with Crippen LogP contribution in [-0.2, 0) is 19.1 Å². The fraction of sp³-hybridized carbons (Fsp3) is 0.182. The third kappa shape index (κ3) is 7.35. The lowest BCUT2D eigenvalue weighted by Gasteiger charge is -2.15. The van der Waals surface area contributed by atoms with Crippen LogP contribution in [0.2, 0.25) is 10.0 Å². The Morgan fingerprint density at radius 1 is 0.656 bits per heavy atom. The second-order valence-electron chi connectivity index (χ2n) is 5.85. The molecule has 0 saturated heterocycles. The third-order valence-electron chi connectivity index (χ3n) is 3.64. The van der Waals surface area contributed by atoms with Crippen molar-refractivity contribution in [3.05, 3.63) is 80.2 Å². The molecule has 0 heterocycles. The summed E-state index contributed by atoms with van der Waals surface area (Å²) in [5.74, 6) is -1.43. The minimum absolute atomic E-state index is 0.000781. The summed E-state index contributed by atoms with van der Waals surface area (Å²) in [6.45, 7) is 3.17. The summed E-state index contributed by atoms with van der Waals surface area (Å²) in [4.78, 5) is 25.5. The summed E-state index contributed by atoms with van der Waals surface area (Å²) in [6.07, 6.45) is 0. The molecule has 0 N–H and O–H groups in total. The molecule has 0 unspecified atom stereocenters. The van der Waals surface area contributed by atoms with Crippen molar-refractivity contribution in [2.24, 2.45) is 0 Å². The molecule has 170 valence electrons. The quantitative estimate of drug-likeness (QED) is 0.163. The van der Waals surface area contributed by atoms with Gasteiger partial charge in [-0.2, -0.15) is 0 Å². The van der Waals surface area contributed by atoms with E-state index in [2.05, 4.69) is 0 Å². The van der Waals surface area contributed by atoms with Crippen molar-refractivity contribution in [3.63, 3.8) is 0 Å². The molecule has 0 bridgehead atoms. The maximum Gasteiger partial charge on any atom is 0.343 e. The zero-order valence-electron chi connectivity index (χ0n) is 17.0. The van der Waals surface area contributed by atoms with E-state index in [1.54, 1.807) is 38.1 Å². The zero-order valence-corrected chi connectivity index (χ0v) is 20.0. The second-order valence-corrected chi connectivity index (χ2v) is 7.41. The number of carbonyl (C=O) groups is 2. The molecule has 2 aromatic carbocycles. The molecule has 0 aromatic heterocycles. The smallest absolute Gasteiger partial charge is 0.343 e. The van der Waals surface area contributed by atoms with Crippen molar-refractivity contribution in [3.8, 4) is 11.5 Å². The van der Waals surface area contributed by atoms with Gasteiger partial charge in [0, 0.05) is 10.0 Å². The lowest BCUT2D eigenvalue weighted by Crippen LogP contribution is -2.21. The minimum atomic E-state index is -0.965. The summed E-state index contributed by atoms with van der Waals surface area (Å²) in [7, 11) is 0. The summed E-state index contributed by atoms with van der Waals surface area (Å²) in [5.41, 5.74) is -0.943. The van der Waals surface area contributed by atoms with Crippen molar-refractivity contribution in [1.29, 1.82) is 0 Å². The van der Waals surface area contributed by atoms with E-state index >= 15 is 0 Å². The molecule has 0 saturated carbocycles. The molecule has 10 heteroatoms. The maximum absolute atomic E-state index is 12.7. The Morgan fingerprint density at radius 2 is 0.969 bits per heavy atom. The van der Waals surface area contributed by atoms with Crippen molar-refractivity contribution in [1.82, 2.24) is 0 Å². The monoisotopic (exact) mass is 518 g/mol. The summed E-state index contributed by atoms with van der Waals surface area (Å²) in [6, 6.07) is 12.3. The van der Waals surface area contributed by atoms with Crippen LogP contribution in [0.4, 0.5) is 0 Å². The molecule has 2 aromatic rings. The van der Waals surface area contributed by atoms with Crippen LogP contribution in [0.1, 0.15) is 13.8 Å². The van der Waals surface area contributed by atoms with Gasteiger partial charge < -0.3 is 18.9 Å². The Bertz CT molecular complexity index is 930. The van der Waals surface area contributed by atoms with Gasteiger partial charge in [-0.05, 0) is 85.6 Å². The van der Waals surface area contributed by atoms with Crippen LogP contribution in [0.25, 0.3) is 0 Å². The fourth-order valence-electron chi connectivity index (χ4n) is 2.28. The first-order valence-electron chi connectivity index (χ1n) is 9.27. The highest BCUT2D eigenvalue weighted by Crippen LogP contribution is 2.30. The van der Waals surface area contributed by atoms with Crippen LogP contribution in [0.3, 0.4) is 0 Å². The highest BCUT2D eigenvalue weighted by molar-refractivity contribution is 6.35. The van der Waals surface area contributed by atoms with E-state index in [0.29, 0.717) is 10.0 Å². The molecule has 32 heavy (non-hydrogen) atoms. The Morgan fingerprint density at radius 3 is 1.25 bits per heavy atom. The van der Waals surface area contributed by atoms with Gasteiger partial charge in [0.05, 0.1) is 13.2 Å². The van der Waals surface area contributed by atoms with Crippen molar-refractivity contribution in [2.75, 3.05) is 13.2 Å². The van der Waals surface area contributed by atoms with Gasteiger partial charge in [0.2, 0.25) is 10.4 Å². The number of carbonyl (C=O) groups excluding carboxylic acids is 2. The Hall–Kier alpha value is -2.38. The Balaban J connectivity index is 2.59. The van der Waals surface area contributed by atoms with E-state index < -0.39 is 33.5 Å². The van der Waals surface area contributed by atoms with Crippen LogP contribution in [0.15, 0.2) is 70.1 Å². The average Bonchev–Trinajstić information content (AvgIpc) is 2.75. The summed E-state index contributed by atoms with van der Waals surface area (Å²) < 4.78 is 21.2. The number of esters is 2. The number of hydrogen-bond donors (Lipinski definition) is 0. The number of ether oxygens (including phenoxy) is 4. The largest absolute Gasteiger partial charge is 0.462 e. The van der Waals surface area contributed by atoms with Gasteiger partial charge in [0.1, 0.15) is 22.6 Å². The fourth-order valence-corrected chi connectivity index (χ4v) is 3.06. The van der Waals surface area contributed by atoms with Crippen LogP contribution >= 0.6 is 46.4 Å². The SMILES string of the molecule is CCOC(=O)C(=C(\Cl)Oc1ccc(Cl)cc1)/C(C(=O)OCC)=C(/Cl)Oc1ccc(Cl)cc1. The maximum atomic E-state index is 12.7. The molecule has 2 rings (SSSR count). The third-order valence-corrected chi connectivity index (χ3v) is 4.68. The molecule has 0 spiro atoms. The number of benzene rings is 2. The summed E-state index contributed by atoms with van der Waals surface area (Å²) >= 11 is 24.4. The van der Waals surface area contributed by atoms with Gasteiger partial charge in [-0.25, -0.2) is 9.59 Å². The van der Waals surface area contributed by atoms with Crippen LogP contribution in [-0.4, -0.2) is 25.2 Å². The van der Waals surface area contributed by atoms with Gasteiger partial charge in [0.25, 0.3) is 0 Å². The molecule has 0 aliphatic rings. The second kappa shape index (κ2) is 12.6. The lowest BCUT2D eigenvalue weighted by molar-refractivity contribution is -0.142. The van der Waals surface area contributed by atoms with Crippen molar-refractivity contribution >= 4 is 58.3 Å². The number of hydrogen-bond acceptors (Lipinski definition) is 6. The van der Waals surface area contributed by atoms with Gasteiger partial charge in [-0.1, -0.05) is 23.2 Å². The van der Waals surface area contributed by atoms with Gasteiger partial charge in [-0.15, -0.1) is 0 Å². The standard InChI is InChI=1S/C22H18Cl4O6/c1-3-29-21(27)17(19(25)31-15-9-5-13(23)6-10-15)18(22(28)30-4-2)20(26)32-16-11-7-14(24)8-12-16/h5-12H,3-4H2,1-2H3/b19-17+,20-18+. The number of rotatable bonds is 9. The van der Waals surface area contributed by atoms with Crippen LogP contribution < -0.4 is 9.47 Å². The molecule has 0 aliphatic heterocycles. The molecule has 0 aliphatic carbocycles. The Labute approximate surface area is 205 Å². The normalized spacial score (nSPS) is 12.3. The van der Waals surface area contributed by atoms with E-state index in [1.807, 2.05) is 0 Å². The van der Waals surface area contributed by atoms with Gasteiger partial charge >= 0.3 is 11.9 Å². The highest BCUT2D eigenvalue weighted by Gasteiger charge is 2.32. The topological polar surface area (TPSA) is 71.1 Å². The molecular formula is C22H18Cl4O6. The molecule has 6 nitrogen and oxygen atoms in total. The van der Waals surface area contributed by atoms with Crippen molar-refractivity contribution in [2.45, 2.75) is 13.8 Å². The molecule has 0 radical (unpaired) electrons. The first kappa shape index (κ1) is 25.9. The molecule has 0 fully saturated rings.